The molecule has 1 unspecified atom stereocenters. The van der Waals surface area contributed by atoms with Gasteiger partial charge in [-0.05, 0) is 42.8 Å². The molecule has 1 heterocycles. The van der Waals surface area contributed by atoms with Crippen LogP contribution in [0.5, 0.6) is 0 Å². The van der Waals surface area contributed by atoms with Crippen LogP contribution in [0.1, 0.15) is 12.5 Å². The Hall–Kier alpha value is -2.94. The van der Waals surface area contributed by atoms with Crippen molar-refractivity contribution in [3.8, 4) is 0 Å². The van der Waals surface area contributed by atoms with Crippen LogP contribution in [0.4, 0.5) is 14.9 Å². The van der Waals surface area contributed by atoms with E-state index in [-0.39, 0.29) is 10.6 Å². The minimum atomic E-state index is -3.94. The molecule has 25 heavy (non-hydrogen) atoms. The highest BCUT2D eigenvalue weighted by molar-refractivity contribution is 7.92. The molecule has 1 aliphatic rings. The minimum absolute atomic E-state index is 0.203. The van der Waals surface area contributed by atoms with Crippen molar-refractivity contribution in [3.63, 3.8) is 0 Å². The maximum absolute atomic E-state index is 13.2. The highest BCUT2D eigenvalue weighted by Gasteiger charge is 2.43. The molecular formula is C16H14FN3O4S. The maximum atomic E-state index is 13.2. The Balaban J connectivity index is 1.84. The summed E-state index contributed by atoms with van der Waals surface area (Å²) in [6, 6.07) is 10.00. The summed E-state index contributed by atoms with van der Waals surface area (Å²) in [6.45, 7) is 1.54. The largest absolute Gasteiger partial charge is 0.322 e. The first kappa shape index (κ1) is 16.9. The third-order valence-electron chi connectivity index (χ3n) is 3.87. The van der Waals surface area contributed by atoms with Crippen LogP contribution in [-0.2, 0) is 20.4 Å². The molecule has 0 aromatic heterocycles. The predicted molar refractivity (Wildman–Crippen MR) is 87.7 cm³/mol. The number of amides is 3. The fraction of sp³-hybridized carbons (Fsp3) is 0.125. The Labute approximate surface area is 143 Å². The minimum Gasteiger partial charge on any atom is -0.320 e. The first-order valence-corrected chi connectivity index (χ1v) is 8.71. The lowest BCUT2D eigenvalue weighted by Gasteiger charge is -2.21. The Kier molecular flexibility index (Phi) is 3.96. The first-order chi connectivity index (χ1) is 11.7. The van der Waals surface area contributed by atoms with Gasteiger partial charge in [0.1, 0.15) is 11.4 Å². The predicted octanol–water partition coefficient (Wildman–Crippen LogP) is 1.68. The lowest BCUT2D eigenvalue weighted by Crippen LogP contribution is -2.40. The highest BCUT2D eigenvalue weighted by Crippen LogP contribution is 2.26. The highest BCUT2D eigenvalue weighted by atomic mass is 32.2. The van der Waals surface area contributed by atoms with Crippen LogP contribution < -0.4 is 15.4 Å². The number of nitrogens with one attached hydrogen (secondary N) is 3. The summed E-state index contributed by atoms with van der Waals surface area (Å²) in [5.41, 5.74) is -0.497. The summed E-state index contributed by atoms with van der Waals surface area (Å²) in [5, 5.41) is 4.67. The van der Waals surface area contributed by atoms with E-state index < -0.39 is 33.3 Å². The second-order valence-electron chi connectivity index (χ2n) is 5.67. The summed E-state index contributed by atoms with van der Waals surface area (Å²) in [6.07, 6.45) is 0. The molecule has 1 fully saturated rings. The van der Waals surface area contributed by atoms with Crippen LogP contribution in [-0.4, -0.2) is 20.4 Å². The van der Waals surface area contributed by atoms with Gasteiger partial charge in [0.05, 0.1) is 4.90 Å². The van der Waals surface area contributed by atoms with Gasteiger partial charge in [0.15, 0.2) is 0 Å². The van der Waals surface area contributed by atoms with E-state index in [4.69, 9.17) is 0 Å². The Morgan fingerprint density at radius 3 is 2.32 bits per heavy atom. The molecule has 0 saturated carbocycles. The van der Waals surface area contributed by atoms with Gasteiger partial charge in [-0.1, -0.05) is 18.2 Å². The number of imide groups is 1. The van der Waals surface area contributed by atoms with Gasteiger partial charge < -0.3 is 5.32 Å². The van der Waals surface area contributed by atoms with E-state index in [0.29, 0.717) is 5.56 Å². The van der Waals surface area contributed by atoms with Crippen molar-refractivity contribution in [1.29, 1.82) is 0 Å². The van der Waals surface area contributed by atoms with Crippen molar-refractivity contribution in [2.45, 2.75) is 17.4 Å². The van der Waals surface area contributed by atoms with Gasteiger partial charge in [0.2, 0.25) is 0 Å². The second-order valence-corrected chi connectivity index (χ2v) is 7.36. The van der Waals surface area contributed by atoms with E-state index >= 15 is 0 Å². The number of carbonyl (C=O) groups is 2. The molecule has 2 aromatic carbocycles. The van der Waals surface area contributed by atoms with Gasteiger partial charge in [-0.15, -0.1) is 0 Å². The zero-order chi connectivity index (χ0) is 18.2. The quantitative estimate of drug-likeness (QED) is 0.719. The number of rotatable bonds is 4. The van der Waals surface area contributed by atoms with Crippen LogP contribution in [0.25, 0.3) is 0 Å². The molecular weight excluding hydrogens is 349 g/mol. The van der Waals surface area contributed by atoms with E-state index in [1.807, 2.05) is 0 Å². The van der Waals surface area contributed by atoms with Crippen LogP contribution in [0.3, 0.4) is 0 Å². The van der Waals surface area contributed by atoms with Crippen molar-refractivity contribution in [3.05, 3.63) is 59.9 Å². The maximum Gasteiger partial charge on any atom is 0.322 e. The number of urea groups is 1. The standard InChI is InChI=1S/C16H14FN3O4S/c1-16(14(21)18-15(22)19-16)10-5-7-12(8-6-10)20-25(23,24)13-4-2-3-11(17)9-13/h2-9,20H,1H3,(H2,18,19,21,22). The normalized spacial score (nSPS) is 20.1. The van der Waals surface area contributed by atoms with Crippen molar-refractivity contribution in [2.24, 2.45) is 0 Å². The number of halogens is 1. The Bertz CT molecular complexity index is 960. The average Bonchev–Trinajstić information content (AvgIpc) is 2.81. The zero-order valence-electron chi connectivity index (χ0n) is 13.0. The number of carbonyl (C=O) groups excluding carboxylic acids is 2. The van der Waals surface area contributed by atoms with Crippen LogP contribution in [0.2, 0.25) is 0 Å². The zero-order valence-corrected chi connectivity index (χ0v) is 13.9. The molecule has 0 spiro atoms. The lowest BCUT2D eigenvalue weighted by atomic mass is 9.92. The summed E-state index contributed by atoms with van der Waals surface area (Å²) in [5.74, 6) is -1.15. The van der Waals surface area contributed by atoms with Crippen LogP contribution >= 0.6 is 0 Å². The SMILES string of the molecule is CC1(c2ccc(NS(=O)(=O)c3cccc(F)c3)cc2)NC(=O)NC1=O. The lowest BCUT2D eigenvalue weighted by molar-refractivity contribution is -0.123. The Morgan fingerprint density at radius 1 is 1.08 bits per heavy atom. The molecule has 9 heteroatoms. The summed E-state index contributed by atoms with van der Waals surface area (Å²) >= 11 is 0. The number of hydrogen-bond acceptors (Lipinski definition) is 4. The fourth-order valence-corrected chi connectivity index (χ4v) is 3.56. The summed E-state index contributed by atoms with van der Waals surface area (Å²) < 4.78 is 40.0. The van der Waals surface area contributed by atoms with Gasteiger partial charge in [0.25, 0.3) is 15.9 Å². The van der Waals surface area contributed by atoms with Gasteiger partial charge >= 0.3 is 6.03 Å². The molecule has 0 aliphatic carbocycles. The van der Waals surface area contributed by atoms with E-state index in [1.54, 1.807) is 6.92 Å². The monoisotopic (exact) mass is 363 g/mol. The van der Waals surface area contributed by atoms with Crippen LogP contribution in [0, 0.1) is 5.82 Å². The van der Waals surface area contributed by atoms with E-state index in [2.05, 4.69) is 15.4 Å². The van der Waals surface area contributed by atoms with E-state index in [9.17, 15) is 22.4 Å². The first-order valence-electron chi connectivity index (χ1n) is 7.23. The third kappa shape index (κ3) is 3.18. The number of sulfonamides is 1. The topological polar surface area (TPSA) is 104 Å². The van der Waals surface area contributed by atoms with E-state index in [0.717, 1.165) is 12.1 Å². The second kappa shape index (κ2) is 5.85. The molecule has 2 aromatic rings. The van der Waals surface area contributed by atoms with Gasteiger partial charge in [-0.2, -0.15) is 0 Å². The number of benzene rings is 2. The third-order valence-corrected chi connectivity index (χ3v) is 5.24. The van der Waals surface area contributed by atoms with Crippen molar-refractivity contribution >= 4 is 27.6 Å². The number of hydrogen-bond donors (Lipinski definition) is 3. The molecule has 0 bridgehead atoms. The van der Waals surface area contributed by atoms with Gasteiger partial charge in [-0.3, -0.25) is 14.8 Å². The molecule has 130 valence electrons. The molecule has 1 aliphatic heterocycles. The molecule has 3 N–H and O–H groups in total. The molecule has 3 amide bonds. The molecule has 7 nitrogen and oxygen atoms in total. The smallest absolute Gasteiger partial charge is 0.320 e. The summed E-state index contributed by atoms with van der Waals surface area (Å²) in [4.78, 5) is 23.0. The Morgan fingerprint density at radius 2 is 1.76 bits per heavy atom. The van der Waals surface area contributed by atoms with Gasteiger partial charge in [-0.25, -0.2) is 17.6 Å². The average molecular weight is 363 g/mol. The van der Waals surface area contributed by atoms with Crippen molar-refractivity contribution in [1.82, 2.24) is 10.6 Å². The molecule has 0 radical (unpaired) electrons. The molecule has 1 saturated heterocycles. The van der Waals surface area contributed by atoms with Crippen molar-refractivity contribution < 1.29 is 22.4 Å². The fourth-order valence-electron chi connectivity index (χ4n) is 2.47. The molecule has 3 rings (SSSR count). The number of anilines is 1. The van der Waals surface area contributed by atoms with Crippen LogP contribution in [0.15, 0.2) is 53.4 Å². The molecule has 1 atom stereocenters. The summed E-state index contributed by atoms with van der Waals surface area (Å²) in [7, 11) is -3.94. The van der Waals surface area contributed by atoms with Crippen molar-refractivity contribution in [2.75, 3.05) is 4.72 Å². The van der Waals surface area contributed by atoms with Gasteiger partial charge in [0, 0.05) is 5.69 Å². The van der Waals surface area contributed by atoms with E-state index in [1.165, 1.54) is 36.4 Å².